The summed E-state index contributed by atoms with van der Waals surface area (Å²) < 4.78 is 56.7. The molecule has 2 N–H and O–H groups in total. The number of halogens is 4. The molecular formula is C20H22BrF3N2O6. The van der Waals surface area contributed by atoms with Gasteiger partial charge in [0, 0.05) is 6.61 Å². The van der Waals surface area contributed by atoms with Gasteiger partial charge in [0.2, 0.25) is 5.88 Å². The van der Waals surface area contributed by atoms with Gasteiger partial charge in [0.05, 0.1) is 32.6 Å². The smallest absolute Gasteiger partial charge is 0.424 e. The number of hydrogen-bond donors (Lipinski definition) is 2. The van der Waals surface area contributed by atoms with Gasteiger partial charge in [0.15, 0.2) is 5.56 Å². The van der Waals surface area contributed by atoms with Crippen molar-refractivity contribution in [1.82, 2.24) is 9.78 Å². The molecule has 1 atom stereocenters. The molecule has 0 saturated carbocycles. The molecule has 1 aromatic heterocycles. The van der Waals surface area contributed by atoms with Crippen LogP contribution in [0.4, 0.5) is 13.2 Å². The average Bonchev–Trinajstić information content (AvgIpc) is 3.04. The van der Waals surface area contributed by atoms with Crippen LogP contribution in [0.15, 0.2) is 35.1 Å². The molecular weight excluding hydrogens is 501 g/mol. The monoisotopic (exact) mass is 522 g/mol. The number of aromatic nitrogens is 2. The molecule has 0 aliphatic heterocycles. The Morgan fingerprint density at radius 1 is 1.34 bits per heavy atom. The van der Waals surface area contributed by atoms with E-state index in [9.17, 15) is 28.2 Å². The quantitative estimate of drug-likeness (QED) is 0.342. The van der Waals surface area contributed by atoms with E-state index < -0.39 is 40.9 Å². The molecule has 0 fully saturated rings. The first-order valence-corrected chi connectivity index (χ1v) is 10.2. The third kappa shape index (κ3) is 6.47. The van der Waals surface area contributed by atoms with Gasteiger partial charge in [-0.2, -0.15) is 13.2 Å². The van der Waals surface area contributed by atoms with Crippen LogP contribution in [-0.2, 0) is 33.6 Å². The summed E-state index contributed by atoms with van der Waals surface area (Å²) in [6, 6.07) is 6.18. The van der Waals surface area contributed by atoms with Crippen molar-refractivity contribution in [2.24, 2.45) is 0 Å². The third-order valence-corrected chi connectivity index (χ3v) is 4.98. The Bertz CT molecular complexity index is 961. The molecule has 0 spiro atoms. The Hall–Kier alpha value is -2.57. The van der Waals surface area contributed by atoms with Crippen molar-refractivity contribution >= 4 is 27.5 Å². The normalized spacial score (nSPS) is 13.2. The molecule has 8 nitrogen and oxygen atoms in total. The molecule has 0 saturated heterocycles. The Morgan fingerprint density at radius 3 is 2.62 bits per heavy atom. The minimum absolute atomic E-state index is 0.0719. The summed E-state index contributed by atoms with van der Waals surface area (Å²) in [4.78, 5) is 11.5. The molecule has 12 heteroatoms. The summed E-state index contributed by atoms with van der Waals surface area (Å²) in [6.45, 7) is 1.34. The number of methoxy groups -OCH3 is 1. The fourth-order valence-corrected chi connectivity index (χ4v) is 3.41. The number of carboxylic acid groups (broad SMARTS) is 1. The van der Waals surface area contributed by atoms with Gasteiger partial charge >= 0.3 is 12.1 Å². The first-order chi connectivity index (χ1) is 15.1. The van der Waals surface area contributed by atoms with Gasteiger partial charge in [-0.3, -0.25) is 4.68 Å². The highest BCUT2D eigenvalue weighted by molar-refractivity contribution is 9.10. The lowest BCUT2D eigenvalue weighted by Gasteiger charge is -2.12. The highest BCUT2D eigenvalue weighted by atomic mass is 79.9. The highest BCUT2D eigenvalue weighted by Gasteiger charge is 2.41. The van der Waals surface area contributed by atoms with Crippen molar-refractivity contribution in [3.05, 3.63) is 51.8 Å². The van der Waals surface area contributed by atoms with Gasteiger partial charge in [0.25, 0.3) is 0 Å². The summed E-state index contributed by atoms with van der Waals surface area (Å²) in [5.41, 5.74) is -0.799. The Balaban J connectivity index is 2.35. The van der Waals surface area contributed by atoms with Crippen molar-refractivity contribution in [3.63, 3.8) is 0 Å². The van der Waals surface area contributed by atoms with Gasteiger partial charge in [0.1, 0.15) is 16.8 Å². The van der Waals surface area contributed by atoms with Crippen molar-refractivity contribution in [3.8, 4) is 5.88 Å². The van der Waals surface area contributed by atoms with Crippen molar-refractivity contribution < 1.29 is 42.4 Å². The second-order valence-electron chi connectivity index (χ2n) is 6.48. The van der Waals surface area contributed by atoms with E-state index in [0.717, 1.165) is 10.9 Å². The Labute approximate surface area is 190 Å². The molecule has 0 aliphatic carbocycles. The minimum Gasteiger partial charge on any atom is -0.503 e. The number of ether oxygens (including phenoxy) is 3. The van der Waals surface area contributed by atoms with E-state index >= 15 is 0 Å². The lowest BCUT2D eigenvalue weighted by molar-refractivity contribution is -0.139. The summed E-state index contributed by atoms with van der Waals surface area (Å²) in [5.74, 6) is -1.99. The van der Waals surface area contributed by atoms with Crippen LogP contribution in [0.5, 0.6) is 5.88 Å². The number of aliphatic hydroxyl groups excluding tert-OH is 1. The zero-order valence-corrected chi connectivity index (χ0v) is 18.8. The van der Waals surface area contributed by atoms with Gasteiger partial charge in [-0.05, 0) is 34.0 Å². The lowest BCUT2D eigenvalue weighted by Crippen LogP contribution is -2.23. The maximum Gasteiger partial charge on any atom is 0.424 e. The van der Waals surface area contributed by atoms with Crippen LogP contribution >= 0.6 is 15.9 Å². The number of alkyl halides is 3. The highest BCUT2D eigenvalue weighted by Crippen LogP contribution is 2.41. The average molecular weight is 523 g/mol. The number of aliphatic hydroxyl groups is 1. The molecule has 2 rings (SSSR count). The number of rotatable bonds is 11. The number of hydrogen-bond acceptors (Lipinski definition) is 6. The van der Waals surface area contributed by atoms with E-state index in [4.69, 9.17) is 14.2 Å². The molecule has 1 unspecified atom stereocenters. The van der Waals surface area contributed by atoms with Crippen LogP contribution in [-0.4, -0.2) is 52.4 Å². The van der Waals surface area contributed by atoms with Gasteiger partial charge in [-0.25, -0.2) is 4.79 Å². The third-order valence-electron chi connectivity index (χ3n) is 4.18. The lowest BCUT2D eigenvalue weighted by atomic mass is 10.0. The van der Waals surface area contributed by atoms with Crippen molar-refractivity contribution in [1.29, 1.82) is 0 Å². The zero-order chi connectivity index (χ0) is 23.9. The van der Waals surface area contributed by atoms with Crippen LogP contribution < -0.4 is 4.74 Å². The number of carbonyl (C=O) groups is 1. The molecule has 2 aromatic rings. The summed E-state index contributed by atoms with van der Waals surface area (Å²) in [7, 11) is 1.28. The van der Waals surface area contributed by atoms with Gasteiger partial charge in [-0.15, -0.1) is 5.10 Å². The van der Waals surface area contributed by atoms with Crippen LogP contribution in [0.3, 0.4) is 0 Å². The summed E-state index contributed by atoms with van der Waals surface area (Å²) in [6.07, 6.45) is -4.86. The SMILES string of the molecule is CCOCC(O)Cn1nc(OCc2ccccc2/C(=C\OC)C(=O)O)c(C(F)(F)F)c1Br. The molecule has 1 aromatic carbocycles. The maximum absolute atomic E-state index is 13.6. The first kappa shape index (κ1) is 25.7. The minimum atomic E-state index is -4.79. The van der Waals surface area contributed by atoms with Crippen molar-refractivity contribution in [2.45, 2.75) is 32.4 Å². The predicted octanol–water partition coefficient (Wildman–Crippen LogP) is 3.71. The van der Waals surface area contributed by atoms with Crippen LogP contribution in [0, 0.1) is 0 Å². The zero-order valence-electron chi connectivity index (χ0n) is 17.2. The molecule has 32 heavy (non-hydrogen) atoms. The largest absolute Gasteiger partial charge is 0.503 e. The van der Waals surface area contributed by atoms with Crippen LogP contribution in [0.2, 0.25) is 0 Å². The van der Waals surface area contributed by atoms with E-state index in [2.05, 4.69) is 21.0 Å². The van der Waals surface area contributed by atoms with E-state index in [1.54, 1.807) is 19.1 Å². The summed E-state index contributed by atoms with van der Waals surface area (Å²) >= 11 is 2.88. The molecule has 0 radical (unpaired) electrons. The number of aliphatic carboxylic acids is 1. The first-order valence-electron chi connectivity index (χ1n) is 9.36. The topological polar surface area (TPSA) is 103 Å². The molecule has 1 heterocycles. The Kier molecular flexibility index (Phi) is 9.10. The van der Waals surface area contributed by atoms with E-state index in [-0.39, 0.29) is 24.3 Å². The molecule has 176 valence electrons. The second-order valence-corrected chi connectivity index (χ2v) is 7.23. The maximum atomic E-state index is 13.6. The number of carboxylic acids is 1. The number of nitrogens with zero attached hydrogens (tertiary/aromatic N) is 2. The van der Waals surface area contributed by atoms with Crippen LogP contribution in [0.1, 0.15) is 23.6 Å². The Morgan fingerprint density at radius 2 is 2.03 bits per heavy atom. The number of benzene rings is 1. The van der Waals surface area contributed by atoms with E-state index in [0.29, 0.717) is 12.2 Å². The van der Waals surface area contributed by atoms with Gasteiger partial charge < -0.3 is 24.4 Å². The van der Waals surface area contributed by atoms with E-state index in [1.165, 1.54) is 19.2 Å². The second kappa shape index (κ2) is 11.3. The van der Waals surface area contributed by atoms with Gasteiger partial charge in [-0.1, -0.05) is 24.3 Å². The van der Waals surface area contributed by atoms with E-state index in [1.807, 2.05) is 0 Å². The fourth-order valence-electron chi connectivity index (χ4n) is 2.79. The standard InChI is InChI=1S/C20H22BrF3N2O6/c1-3-31-10-13(27)8-26-17(21)16(20(22,23)24)18(25-26)32-9-12-6-4-5-7-14(12)15(11-30-2)19(28)29/h4-7,11,13,27H,3,8-10H2,1-2H3,(H,28,29)/b15-11+. The van der Waals surface area contributed by atoms with Crippen molar-refractivity contribution in [2.75, 3.05) is 20.3 Å². The molecule has 0 amide bonds. The predicted molar refractivity (Wildman–Crippen MR) is 111 cm³/mol. The summed E-state index contributed by atoms with van der Waals surface area (Å²) in [5, 5.41) is 23.2. The van der Waals surface area contributed by atoms with Crippen LogP contribution in [0.25, 0.3) is 5.57 Å². The fraction of sp³-hybridized carbons (Fsp3) is 0.400. The molecule has 0 aliphatic rings. The molecule has 0 bridgehead atoms.